The van der Waals surface area contributed by atoms with Crippen molar-refractivity contribution in [2.75, 3.05) is 13.2 Å². The Labute approximate surface area is 157 Å². The molecule has 0 aromatic rings. The number of hydrogen-bond acceptors (Lipinski definition) is 8. The van der Waals surface area contributed by atoms with Gasteiger partial charge in [-0.3, -0.25) is 9.59 Å². The first-order chi connectivity index (χ1) is 12.8. The standard InChI is InChI=1S/C18H28O9/c19-9-13-15(23)16(24)17(25)18(27-13)26-7-3-1-2-4-11-10(8-14(21)22)5-6-12(11)20/h1-2,10-11,13,15-19,23-25H,3-9H2,(H,21,22)/b2-1-/t10-,11+,13-,15-,16+,17-,18-/m1/s1. The molecule has 9 heteroatoms. The Kier molecular flexibility index (Phi) is 8.33. The van der Waals surface area contributed by atoms with Gasteiger partial charge in [-0.15, -0.1) is 0 Å². The van der Waals surface area contributed by atoms with Crippen LogP contribution in [0, 0.1) is 11.8 Å². The monoisotopic (exact) mass is 388 g/mol. The van der Waals surface area contributed by atoms with Crippen LogP contribution in [0.4, 0.5) is 0 Å². The van der Waals surface area contributed by atoms with Crippen LogP contribution in [0.1, 0.15) is 32.1 Å². The van der Waals surface area contributed by atoms with Crippen LogP contribution in [-0.2, 0) is 19.1 Å². The van der Waals surface area contributed by atoms with Gasteiger partial charge in [-0.25, -0.2) is 0 Å². The lowest BCUT2D eigenvalue weighted by molar-refractivity contribution is -0.300. The predicted molar refractivity (Wildman–Crippen MR) is 91.6 cm³/mol. The molecule has 0 unspecified atom stereocenters. The average Bonchev–Trinajstić information content (AvgIpc) is 2.96. The van der Waals surface area contributed by atoms with E-state index < -0.39 is 43.3 Å². The molecule has 5 N–H and O–H groups in total. The molecule has 9 nitrogen and oxygen atoms in total. The number of aliphatic hydroxyl groups excluding tert-OH is 4. The van der Waals surface area contributed by atoms with Crippen LogP contribution in [0.15, 0.2) is 12.2 Å². The summed E-state index contributed by atoms with van der Waals surface area (Å²) < 4.78 is 10.6. The summed E-state index contributed by atoms with van der Waals surface area (Å²) in [6.07, 6.45) is -0.898. The number of aliphatic hydroxyl groups is 4. The lowest BCUT2D eigenvalue weighted by atomic mass is 9.89. The Morgan fingerprint density at radius 3 is 2.59 bits per heavy atom. The fourth-order valence-corrected chi connectivity index (χ4v) is 3.59. The zero-order chi connectivity index (χ0) is 20.0. The lowest BCUT2D eigenvalue weighted by Gasteiger charge is -2.39. The average molecular weight is 388 g/mol. The second-order valence-corrected chi connectivity index (χ2v) is 7.03. The summed E-state index contributed by atoms with van der Waals surface area (Å²) in [5.74, 6) is -1.17. The summed E-state index contributed by atoms with van der Waals surface area (Å²) in [6.45, 7) is -0.353. The molecule has 1 saturated carbocycles. The highest BCUT2D eigenvalue weighted by molar-refractivity contribution is 5.84. The van der Waals surface area contributed by atoms with Gasteiger partial charge in [0.15, 0.2) is 6.29 Å². The molecule has 0 bridgehead atoms. The number of aliphatic carboxylic acids is 1. The molecule has 2 fully saturated rings. The van der Waals surface area contributed by atoms with Gasteiger partial charge in [-0.2, -0.15) is 0 Å². The van der Waals surface area contributed by atoms with E-state index in [0.29, 0.717) is 25.7 Å². The number of carboxylic acid groups (broad SMARTS) is 1. The van der Waals surface area contributed by atoms with Gasteiger partial charge in [0.05, 0.1) is 13.2 Å². The van der Waals surface area contributed by atoms with Gasteiger partial charge in [0.2, 0.25) is 0 Å². The Morgan fingerprint density at radius 2 is 1.93 bits per heavy atom. The first-order valence-electron chi connectivity index (χ1n) is 9.16. The highest BCUT2D eigenvalue weighted by Crippen LogP contribution is 2.34. The predicted octanol–water partition coefficient (Wildman–Crippen LogP) is -0.791. The summed E-state index contributed by atoms with van der Waals surface area (Å²) in [4.78, 5) is 22.7. The van der Waals surface area contributed by atoms with E-state index in [2.05, 4.69) is 0 Å². The number of carboxylic acids is 1. The van der Waals surface area contributed by atoms with Crippen LogP contribution >= 0.6 is 0 Å². The van der Waals surface area contributed by atoms with Crippen LogP contribution in [0.5, 0.6) is 0 Å². The van der Waals surface area contributed by atoms with E-state index in [4.69, 9.17) is 19.7 Å². The topological polar surface area (TPSA) is 154 Å². The molecule has 1 aliphatic heterocycles. The van der Waals surface area contributed by atoms with Crippen molar-refractivity contribution in [1.82, 2.24) is 0 Å². The van der Waals surface area contributed by atoms with Crippen LogP contribution in [0.2, 0.25) is 0 Å². The molecule has 154 valence electrons. The van der Waals surface area contributed by atoms with E-state index in [0.717, 1.165) is 0 Å². The molecular weight excluding hydrogens is 360 g/mol. The maximum absolute atomic E-state index is 11.9. The van der Waals surface area contributed by atoms with Gasteiger partial charge in [0.25, 0.3) is 0 Å². The summed E-state index contributed by atoms with van der Waals surface area (Å²) in [7, 11) is 0. The minimum atomic E-state index is -1.48. The van der Waals surface area contributed by atoms with Crippen molar-refractivity contribution in [2.24, 2.45) is 11.8 Å². The maximum atomic E-state index is 11.9. The third kappa shape index (κ3) is 5.81. The summed E-state index contributed by atoms with van der Waals surface area (Å²) >= 11 is 0. The molecule has 0 spiro atoms. The first-order valence-corrected chi connectivity index (χ1v) is 9.16. The largest absolute Gasteiger partial charge is 0.481 e. The van der Waals surface area contributed by atoms with Crippen LogP contribution < -0.4 is 0 Å². The van der Waals surface area contributed by atoms with Crippen LogP contribution in [0.3, 0.4) is 0 Å². The van der Waals surface area contributed by atoms with Gasteiger partial charge in [0, 0.05) is 18.8 Å². The number of Topliss-reactive ketones (excluding diaryl/α,β-unsaturated/α-hetero) is 1. The van der Waals surface area contributed by atoms with Crippen LogP contribution in [-0.4, -0.2) is 81.2 Å². The Morgan fingerprint density at radius 1 is 1.19 bits per heavy atom. The number of hydrogen-bond donors (Lipinski definition) is 5. The minimum Gasteiger partial charge on any atom is -0.481 e. The van der Waals surface area contributed by atoms with Crippen molar-refractivity contribution in [3.05, 3.63) is 12.2 Å². The highest BCUT2D eigenvalue weighted by Gasteiger charge is 2.43. The van der Waals surface area contributed by atoms with Gasteiger partial charge in [-0.05, 0) is 25.2 Å². The molecule has 0 radical (unpaired) electrons. The fourth-order valence-electron chi connectivity index (χ4n) is 3.59. The van der Waals surface area contributed by atoms with E-state index in [1.165, 1.54) is 0 Å². The highest BCUT2D eigenvalue weighted by atomic mass is 16.7. The zero-order valence-electron chi connectivity index (χ0n) is 15.0. The molecule has 0 amide bonds. The molecule has 0 aromatic heterocycles. The van der Waals surface area contributed by atoms with Crippen molar-refractivity contribution < 1.29 is 44.6 Å². The van der Waals surface area contributed by atoms with E-state index in [1.54, 1.807) is 6.08 Å². The molecular formula is C18H28O9. The van der Waals surface area contributed by atoms with Crippen molar-refractivity contribution in [1.29, 1.82) is 0 Å². The maximum Gasteiger partial charge on any atom is 0.303 e. The van der Waals surface area contributed by atoms with E-state index >= 15 is 0 Å². The lowest BCUT2D eigenvalue weighted by Crippen LogP contribution is -2.59. The molecule has 7 atom stereocenters. The summed E-state index contributed by atoms with van der Waals surface area (Å²) in [6, 6.07) is 0. The molecule has 1 saturated heterocycles. The van der Waals surface area contributed by atoms with E-state index in [-0.39, 0.29) is 30.6 Å². The normalized spacial score (nSPS) is 37.2. The quantitative estimate of drug-likeness (QED) is 0.252. The van der Waals surface area contributed by atoms with E-state index in [1.807, 2.05) is 6.08 Å². The number of ether oxygens (including phenoxy) is 2. The Balaban J connectivity index is 1.73. The molecule has 0 aromatic carbocycles. The second kappa shape index (κ2) is 10.3. The zero-order valence-corrected chi connectivity index (χ0v) is 15.0. The van der Waals surface area contributed by atoms with Crippen molar-refractivity contribution in [3.8, 4) is 0 Å². The SMILES string of the molecule is O=C(O)C[C@H]1CCC(=O)[C@H]1C/C=C\CCO[C@@H]1O[C@H](CO)[C@@H](O)[C@H](O)[C@H]1O. The molecule has 1 aliphatic carbocycles. The van der Waals surface area contributed by atoms with Gasteiger partial charge >= 0.3 is 5.97 Å². The molecule has 1 heterocycles. The summed E-state index contributed by atoms with van der Waals surface area (Å²) in [5.41, 5.74) is 0. The number of allylic oxidation sites excluding steroid dienone is 1. The van der Waals surface area contributed by atoms with Crippen LogP contribution in [0.25, 0.3) is 0 Å². The fraction of sp³-hybridized carbons (Fsp3) is 0.778. The van der Waals surface area contributed by atoms with Gasteiger partial charge in [0.1, 0.15) is 30.2 Å². The van der Waals surface area contributed by atoms with Crippen molar-refractivity contribution in [2.45, 2.75) is 62.8 Å². The van der Waals surface area contributed by atoms with Gasteiger partial charge < -0.3 is 35.0 Å². The summed E-state index contributed by atoms with van der Waals surface area (Å²) in [5, 5.41) is 47.3. The third-order valence-corrected chi connectivity index (χ3v) is 5.15. The molecule has 2 aliphatic rings. The number of ketones is 1. The molecule has 2 rings (SSSR count). The minimum absolute atomic E-state index is 0.00443. The van der Waals surface area contributed by atoms with Crippen molar-refractivity contribution in [3.63, 3.8) is 0 Å². The Hall–Kier alpha value is -1.36. The third-order valence-electron chi connectivity index (χ3n) is 5.15. The van der Waals surface area contributed by atoms with Gasteiger partial charge in [-0.1, -0.05) is 12.2 Å². The smallest absolute Gasteiger partial charge is 0.303 e. The number of carbonyl (C=O) groups excluding carboxylic acids is 1. The van der Waals surface area contributed by atoms with E-state index in [9.17, 15) is 24.9 Å². The molecule has 27 heavy (non-hydrogen) atoms. The number of carbonyl (C=O) groups is 2. The Bertz CT molecular complexity index is 533. The second-order valence-electron chi connectivity index (χ2n) is 7.03. The van der Waals surface area contributed by atoms with Crippen molar-refractivity contribution >= 4 is 11.8 Å². The number of rotatable bonds is 9. The first kappa shape index (κ1) is 21.9.